The lowest BCUT2D eigenvalue weighted by Gasteiger charge is -2.05. The first-order valence-corrected chi connectivity index (χ1v) is 9.52. The van der Waals surface area contributed by atoms with Gasteiger partial charge in [0.1, 0.15) is 0 Å². The molecule has 1 N–H and O–H groups in total. The molecule has 0 aliphatic carbocycles. The number of halogens is 3. The van der Waals surface area contributed by atoms with Gasteiger partial charge in [-0.15, -0.1) is 10.2 Å². The average Bonchev–Trinajstić information content (AvgIpc) is 3.01. The van der Waals surface area contributed by atoms with E-state index in [2.05, 4.69) is 31.4 Å². The first-order valence-electron chi connectivity index (χ1n) is 6.98. The molecule has 1 amide bonds. The fraction of sp³-hybridized carbons (Fsp3) is 0.0625. The third-order valence-corrected chi connectivity index (χ3v) is 4.93. The summed E-state index contributed by atoms with van der Waals surface area (Å²) < 4.78 is 6.43. The molecule has 0 saturated carbocycles. The highest BCUT2D eigenvalue weighted by molar-refractivity contribution is 9.10. The average molecular weight is 459 g/mol. The molecular weight excluding hydrogens is 449 g/mol. The minimum Gasteiger partial charge on any atom is -0.411 e. The van der Waals surface area contributed by atoms with Gasteiger partial charge in [-0.05, 0) is 46.3 Å². The normalized spacial score (nSPS) is 10.7. The van der Waals surface area contributed by atoms with Crippen LogP contribution < -0.4 is 5.32 Å². The Morgan fingerprint density at radius 2 is 1.88 bits per heavy atom. The number of nitrogens with zero attached hydrogens (tertiary/aromatic N) is 2. The Kier molecular flexibility index (Phi) is 6.01. The third kappa shape index (κ3) is 4.98. The largest absolute Gasteiger partial charge is 0.411 e. The van der Waals surface area contributed by atoms with Crippen LogP contribution in [0, 0.1) is 0 Å². The van der Waals surface area contributed by atoms with Gasteiger partial charge >= 0.3 is 0 Å². The summed E-state index contributed by atoms with van der Waals surface area (Å²) in [6.07, 6.45) is 0. The highest BCUT2D eigenvalue weighted by Gasteiger charge is 2.13. The van der Waals surface area contributed by atoms with Gasteiger partial charge in [0.25, 0.3) is 5.22 Å². The maximum Gasteiger partial charge on any atom is 0.277 e. The van der Waals surface area contributed by atoms with Crippen molar-refractivity contribution in [2.45, 2.75) is 5.22 Å². The molecule has 0 aliphatic rings. The fourth-order valence-electron chi connectivity index (χ4n) is 1.96. The van der Waals surface area contributed by atoms with Gasteiger partial charge in [-0.3, -0.25) is 4.79 Å². The number of hydrogen-bond acceptors (Lipinski definition) is 5. The highest BCUT2D eigenvalue weighted by atomic mass is 79.9. The summed E-state index contributed by atoms with van der Waals surface area (Å²) in [6.45, 7) is 0. The van der Waals surface area contributed by atoms with Crippen LogP contribution in [-0.4, -0.2) is 21.9 Å². The SMILES string of the molecule is O=C(CSc1nnc(-c2ccccc2Br)o1)Nc1cc(Cl)cc(Cl)c1. The van der Waals surface area contributed by atoms with Crippen molar-refractivity contribution in [1.82, 2.24) is 10.2 Å². The molecular formula is C16H10BrCl2N3O2S. The topological polar surface area (TPSA) is 68.0 Å². The Labute approximate surface area is 166 Å². The first-order chi connectivity index (χ1) is 12.0. The number of anilines is 1. The zero-order valence-electron chi connectivity index (χ0n) is 12.5. The van der Waals surface area contributed by atoms with E-state index in [9.17, 15) is 4.79 Å². The van der Waals surface area contributed by atoms with Gasteiger partial charge in [0, 0.05) is 20.2 Å². The summed E-state index contributed by atoms with van der Waals surface area (Å²) >= 11 is 16.4. The molecule has 0 fully saturated rings. The molecule has 0 unspecified atom stereocenters. The maximum atomic E-state index is 12.0. The number of carbonyl (C=O) groups excluding carboxylic acids is 1. The number of hydrogen-bond donors (Lipinski definition) is 1. The van der Waals surface area contributed by atoms with E-state index in [1.54, 1.807) is 18.2 Å². The van der Waals surface area contributed by atoms with Gasteiger partial charge in [0.05, 0.1) is 11.3 Å². The van der Waals surface area contributed by atoms with Crippen molar-refractivity contribution in [3.05, 3.63) is 57.0 Å². The van der Waals surface area contributed by atoms with Crippen LogP contribution in [0.4, 0.5) is 5.69 Å². The van der Waals surface area contributed by atoms with Crippen LogP contribution >= 0.6 is 50.9 Å². The van der Waals surface area contributed by atoms with Crippen molar-refractivity contribution < 1.29 is 9.21 Å². The van der Waals surface area contributed by atoms with Crippen LogP contribution in [0.5, 0.6) is 0 Å². The number of rotatable bonds is 5. The smallest absolute Gasteiger partial charge is 0.277 e. The second-order valence-corrected chi connectivity index (χ2v) is 7.50. The van der Waals surface area contributed by atoms with E-state index in [-0.39, 0.29) is 11.7 Å². The van der Waals surface area contributed by atoms with E-state index < -0.39 is 0 Å². The van der Waals surface area contributed by atoms with Crippen molar-refractivity contribution in [3.63, 3.8) is 0 Å². The minimum atomic E-state index is -0.232. The summed E-state index contributed by atoms with van der Waals surface area (Å²) in [6, 6.07) is 12.3. The molecule has 2 aromatic carbocycles. The van der Waals surface area contributed by atoms with Crippen LogP contribution in [-0.2, 0) is 4.79 Å². The van der Waals surface area contributed by atoms with Crippen molar-refractivity contribution >= 4 is 62.5 Å². The molecule has 9 heteroatoms. The number of benzene rings is 2. The van der Waals surface area contributed by atoms with Gasteiger partial charge in [-0.1, -0.05) is 47.1 Å². The first kappa shape index (κ1) is 18.3. The number of amides is 1. The molecule has 5 nitrogen and oxygen atoms in total. The Balaban J connectivity index is 1.60. The lowest BCUT2D eigenvalue weighted by molar-refractivity contribution is -0.113. The zero-order chi connectivity index (χ0) is 17.8. The molecule has 128 valence electrons. The second kappa shape index (κ2) is 8.23. The molecule has 0 spiro atoms. The monoisotopic (exact) mass is 457 g/mol. The van der Waals surface area contributed by atoms with Gasteiger partial charge in [0.15, 0.2) is 0 Å². The molecule has 3 rings (SSSR count). The summed E-state index contributed by atoms with van der Waals surface area (Å²) in [5, 5.41) is 11.9. The van der Waals surface area contributed by atoms with Crippen LogP contribution in [0.15, 0.2) is 56.6 Å². The van der Waals surface area contributed by atoms with E-state index >= 15 is 0 Å². The summed E-state index contributed by atoms with van der Waals surface area (Å²) in [4.78, 5) is 12.0. The lowest BCUT2D eigenvalue weighted by atomic mass is 10.2. The third-order valence-electron chi connectivity index (χ3n) is 2.98. The van der Waals surface area contributed by atoms with Crippen LogP contribution in [0.3, 0.4) is 0 Å². The molecule has 3 aromatic rings. The molecule has 0 radical (unpaired) electrons. The quantitative estimate of drug-likeness (QED) is 0.508. The van der Waals surface area contributed by atoms with E-state index in [4.69, 9.17) is 27.6 Å². The van der Waals surface area contributed by atoms with E-state index in [1.807, 2.05) is 24.3 Å². The number of nitrogens with one attached hydrogen (secondary N) is 1. The van der Waals surface area contributed by atoms with E-state index in [0.29, 0.717) is 26.8 Å². The predicted molar refractivity (Wildman–Crippen MR) is 103 cm³/mol. The van der Waals surface area contributed by atoms with Crippen molar-refractivity contribution in [2.24, 2.45) is 0 Å². The molecule has 0 aliphatic heterocycles. The standard InChI is InChI=1S/C16H10BrCl2N3O2S/c17-13-4-2-1-3-12(13)15-21-22-16(24-15)25-8-14(23)20-11-6-9(18)5-10(19)7-11/h1-7H,8H2,(H,20,23). The Morgan fingerprint density at radius 1 is 1.16 bits per heavy atom. The summed E-state index contributed by atoms with van der Waals surface area (Å²) in [7, 11) is 0. The maximum absolute atomic E-state index is 12.0. The van der Waals surface area contributed by atoms with Crippen molar-refractivity contribution in [2.75, 3.05) is 11.1 Å². The Bertz CT molecular complexity index is 900. The lowest BCUT2D eigenvalue weighted by Crippen LogP contribution is -2.13. The zero-order valence-corrected chi connectivity index (χ0v) is 16.4. The predicted octanol–water partition coefficient (Wildman–Crippen LogP) is 5.54. The molecule has 0 bridgehead atoms. The fourth-order valence-corrected chi connectivity index (χ4v) is 3.51. The summed E-state index contributed by atoms with van der Waals surface area (Å²) in [5.74, 6) is 0.267. The Hall–Kier alpha value is -1.54. The second-order valence-electron chi connectivity index (χ2n) is 4.85. The number of thioether (sulfide) groups is 1. The molecule has 25 heavy (non-hydrogen) atoms. The molecule has 0 saturated heterocycles. The summed E-state index contributed by atoms with van der Waals surface area (Å²) in [5.41, 5.74) is 1.32. The van der Waals surface area contributed by atoms with Crippen molar-refractivity contribution in [1.29, 1.82) is 0 Å². The van der Waals surface area contributed by atoms with Gasteiger partial charge in [0.2, 0.25) is 11.8 Å². The van der Waals surface area contributed by atoms with E-state index in [1.165, 1.54) is 0 Å². The van der Waals surface area contributed by atoms with Gasteiger partial charge < -0.3 is 9.73 Å². The highest BCUT2D eigenvalue weighted by Crippen LogP contribution is 2.29. The molecule has 0 atom stereocenters. The number of aromatic nitrogens is 2. The number of carbonyl (C=O) groups is 1. The van der Waals surface area contributed by atoms with Crippen molar-refractivity contribution in [3.8, 4) is 11.5 Å². The molecule has 1 heterocycles. The van der Waals surface area contributed by atoms with Gasteiger partial charge in [-0.25, -0.2) is 0 Å². The van der Waals surface area contributed by atoms with E-state index in [0.717, 1.165) is 21.8 Å². The molecule has 1 aromatic heterocycles. The Morgan fingerprint density at radius 3 is 2.60 bits per heavy atom. The van der Waals surface area contributed by atoms with Gasteiger partial charge in [-0.2, -0.15) is 0 Å². The van der Waals surface area contributed by atoms with Crippen LogP contribution in [0.1, 0.15) is 0 Å². The van der Waals surface area contributed by atoms with Crippen LogP contribution in [0.25, 0.3) is 11.5 Å². The van der Waals surface area contributed by atoms with Crippen LogP contribution in [0.2, 0.25) is 10.0 Å². The minimum absolute atomic E-state index is 0.113.